The van der Waals surface area contributed by atoms with Crippen LogP contribution in [-0.2, 0) is 11.2 Å². The minimum atomic E-state index is -0.289. The second-order valence-corrected chi connectivity index (χ2v) is 5.75. The number of nitrogens with zero attached hydrogens (tertiary/aromatic N) is 1. The van der Waals surface area contributed by atoms with E-state index in [1.165, 1.54) is 0 Å². The van der Waals surface area contributed by atoms with Gasteiger partial charge in [0.1, 0.15) is 6.04 Å². The van der Waals surface area contributed by atoms with E-state index in [2.05, 4.69) is 10.3 Å². The fraction of sp³-hybridized carbons (Fsp3) is 0.385. The maximum Gasteiger partial charge on any atom is 0.245 e. The van der Waals surface area contributed by atoms with Crippen LogP contribution in [0, 0.1) is 0 Å². The number of nitrogens with one attached hydrogen (secondary N) is 1. The molecule has 1 aliphatic heterocycles. The van der Waals surface area contributed by atoms with E-state index in [1.54, 1.807) is 11.8 Å². The minimum Gasteiger partial charge on any atom is -0.354 e. The van der Waals surface area contributed by atoms with Crippen LogP contribution < -0.4 is 11.1 Å². The monoisotopic (exact) mass is 297 g/mol. The van der Waals surface area contributed by atoms with E-state index in [-0.39, 0.29) is 11.9 Å². The summed E-state index contributed by atoms with van der Waals surface area (Å²) >= 11 is 7.46. The average molecular weight is 298 g/mol. The Balaban J connectivity index is 1.77. The summed E-state index contributed by atoms with van der Waals surface area (Å²) in [6.45, 7) is 1.00. The van der Waals surface area contributed by atoms with Crippen LogP contribution in [0.15, 0.2) is 29.3 Å². The maximum absolute atomic E-state index is 11.9. The summed E-state index contributed by atoms with van der Waals surface area (Å²) in [5.41, 5.74) is 6.60. The molecule has 1 unspecified atom stereocenters. The number of aliphatic imine (C=N–C) groups is 1. The quantitative estimate of drug-likeness (QED) is 0.865. The highest BCUT2D eigenvalue weighted by Crippen LogP contribution is 2.17. The Kier molecular flexibility index (Phi) is 5.24. The van der Waals surface area contributed by atoms with Crippen LogP contribution in [-0.4, -0.2) is 35.8 Å². The number of hydrogen-bond donors (Lipinski definition) is 2. The summed E-state index contributed by atoms with van der Waals surface area (Å²) in [4.78, 5) is 16.1. The molecule has 0 fully saturated rings. The predicted molar refractivity (Wildman–Crippen MR) is 80.9 cm³/mol. The number of carbonyl (C=O) groups is 1. The minimum absolute atomic E-state index is 0.0296. The van der Waals surface area contributed by atoms with Crippen molar-refractivity contribution in [1.82, 2.24) is 5.32 Å². The van der Waals surface area contributed by atoms with Gasteiger partial charge in [0, 0.05) is 23.9 Å². The van der Waals surface area contributed by atoms with Crippen LogP contribution in [0.25, 0.3) is 0 Å². The van der Waals surface area contributed by atoms with Crippen molar-refractivity contribution in [2.24, 2.45) is 10.7 Å². The molecule has 0 bridgehead atoms. The number of nitrogens with two attached hydrogens (primary N) is 1. The molecular weight excluding hydrogens is 282 g/mol. The smallest absolute Gasteiger partial charge is 0.245 e. The van der Waals surface area contributed by atoms with E-state index in [4.69, 9.17) is 17.3 Å². The van der Waals surface area contributed by atoms with Crippen LogP contribution in [0.4, 0.5) is 0 Å². The molecule has 1 aromatic carbocycles. The molecule has 4 nitrogen and oxygen atoms in total. The van der Waals surface area contributed by atoms with E-state index in [0.717, 1.165) is 17.0 Å². The molecule has 102 valence electrons. The summed E-state index contributed by atoms with van der Waals surface area (Å²) in [6, 6.07) is 7.36. The van der Waals surface area contributed by atoms with Crippen molar-refractivity contribution in [2.75, 3.05) is 18.8 Å². The number of rotatable bonds is 5. The first-order valence-electron chi connectivity index (χ1n) is 6.10. The van der Waals surface area contributed by atoms with E-state index in [1.807, 2.05) is 24.3 Å². The zero-order valence-corrected chi connectivity index (χ0v) is 12.0. The van der Waals surface area contributed by atoms with Crippen molar-refractivity contribution in [3.05, 3.63) is 34.9 Å². The molecule has 2 rings (SSSR count). The summed E-state index contributed by atoms with van der Waals surface area (Å²) < 4.78 is 0. The van der Waals surface area contributed by atoms with Crippen LogP contribution in [0.3, 0.4) is 0 Å². The first kappa shape index (κ1) is 14.4. The summed E-state index contributed by atoms with van der Waals surface area (Å²) in [5.74, 6) is 0.660. The lowest BCUT2D eigenvalue weighted by molar-refractivity contribution is -0.121. The normalized spacial score (nSPS) is 18.2. The lowest BCUT2D eigenvalue weighted by Gasteiger charge is -2.08. The van der Waals surface area contributed by atoms with Crippen molar-refractivity contribution in [3.63, 3.8) is 0 Å². The third-order valence-corrected chi connectivity index (χ3v) is 4.11. The predicted octanol–water partition coefficient (Wildman–Crippen LogP) is 1.47. The average Bonchev–Trinajstić information content (AvgIpc) is 2.87. The number of hydrogen-bond acceptors (Lipinski definition) is 4. The third kappa shape index (κ3) is 4.23. The van der Waals surface area contributed by atoms with Gasteiger partial charge in [0.15, 0.2) is 0 Å². The lowest BCUT2D eigenvalue weighted by atomic mass is 10.1. The highest BCUT2D eigenvalue weighted by atomic mass is 35.5. The van der Waals surface area contributed by atoms with Crippen LogP contribution in [0.2, 0.25) is 5.02 Å². The van der Waals surface area contributed by atoms with Gasteiger partial charge in [-0.1, -0.05) is 23.7 Å². The van der Waals surface area contributed by atoms with Crippen LogP contribution in [0.5, 0.6) is 0 Å². The topological polar surface area (TPSA) is 67.5 Å². The molecule has 0 saturated heterocycles. The van der Waals surface area contributed by atoms with Crippen molar-refractivity contribution < 1.29 is 4.79 Å². The zero-order valence-electron chi connectivity index (χ0n) is 10.4. The number of thioether (sulfide) groups is 1. The van der Waals surface area contributed by atoms with E-state index < -0.39 is 0 Å². The summed E-state index contributed by atoms with van der Waals surface area (Å²) in [7, 11) is 0. The SMILES string of the molecule is NCC1=NC(C(=O)NCCc2cccc(Cl)c2)CS1. The van der Waals surface area contributed by atoms with E-state index in [0.29, 0.717) is 23.9 Å². The van der Waals surface area contributed by atoms with Gasteiger partial charge in [-0.25, -0.2) is 0 Å². The van der Waals surface area contributed by atoms with Gasteiger partial charge in [0.05, 0.1) is 5.04 Å². The molecule has 0 spiro atoms. The molecule has 3 N–H and O–H groups in total. The van der Waals surface area contributed by atoms with Gasteiger partial charge in [0.2, 0.25) is 5.91 Å². The molecule has 1 aromatic rings. The van der Waals surface area contributed by atoms with Gasteiger partial charge in [-0.15, -0.1) is 11.8 Å². The summed E-state index contributed by atoms with van der Waals surface area (Å²) in [5, 5.41) is 4.47. The van der Waals surface area contributed by atoms with Crippen LogP contribution in [0.1, 0.15) is 5.56 Å². The van der Waals surface area contributed by atoms with Gasteiger partial charge < -0.3 is 11.1 Å². The van der Waals surface area contributed by atoms with Gasteiger partial charge in [-0.2, -0.15) is 0 Å². The van der Waals surface area contributed by atoms with Gasteiger partial charge in [-0.05, 0) is 24.1 Å². The molecule has 1 aliphatic rings. The second-order valence-electron chi connectivity index (χ2n) is 4.22. The Hall–Kier alpha value is -1.04. The van der Waals surface area contributed by atoms with Crippen molar-refractivity contribution in [3.8, 4) is 0 Å². The fourth-order valence-electron chi connectivity index (χ4n) is 1.81. The molecule has 0 radical (unpaired) electrons. The molecule has 0 aliphatic carbocycles. The fourth-order valence-corrected chi connectivity index (χ4v) is 2.92. The van der Waals surface area contributed by atoms with Crippen molar-refractivity contribution in [1.29, 1.82) is 0 Å². The second kappa shape index (κ2) is 6.93. The van der Waals surface area contributed by atoms with E-state index >= 15 is 0 Å². The molecule has 6 heteroatoms. The molecule has 0 saturated carbocycles. The van der Waals surface area contributed by atoms with Crippen molar-refractivity contribution >= 4 is 34.3 Å². The standard InChI is InChI=1S/C13H16ClN3OS/c14-10-3-1-2-9(6-10)4-5-16-13(18)11-8-19-12(7-15)17-11/h1-3,6,11H,4-5,7-8,15H2,(H,16,18). The third-order valence-electron chi connectivity index (χ3n) is 2.79. The zero-order chi connectivity index (χ0) is 13.7. The largest absolute Gasteiger partial charge is 0.354 e. The Morgan fingerprint density at radius 1 is 1.58 bits per heavy atom. The molecule has 19 heavy (non-hydrogen) atoms. The molecule has 0 aromatic heterocycles. The first-order chi connectivity index (χ1) is 9.19. The molecule has 1 heterocycles. The number of carbonyl (C=O) groups excluding carboxylic acids is 1. The van der Waals surface area contributed by atoms with Crippen LogP contribution >= 0.6 is 23.4 Å². The number of amides is 1. The Morgan fingerprint density at radius 3 is 3.11 bits per heavy atom. The van der Waals surface area contributed by atoms with Gasteiger partial charge in [-0.3, -0.25) is 9.79 Å². The number of benzene rings is 1. The first-order valence-corrected chi connectivity index (χ1v) is 7.47. The number of halogens is 1. The van der Waals surface area contributed by atoms with Crippen molar-refractivity contribution in [2.45, 2.75) is 12.5 Å². The molecule has 1 amide bonds. The Morgan fingerprint density at radius 2 is 2.42 bits per heavy atom. The van der Waals surface area contributed by atoms with Gasteiger partial charge in [0.25, 0.3) is 0 Å². The summed E-state index contributed by atoms with van der Waals surface area (Å²) in [6.07, 6.45) is 0.764. The Bertz CT molecular complexity index is 493. The maximum atomic E-state index is 11.9. The molecular formula is C13H16ClN3OS. The van der Waals surface area contributed by atoms with E-state index in [9.17, 15) is 4.79 Å². The molecule has 1 atom stereocenters. The Labute approximate surface area is 121 Å². The van der Waals surface area contributed by atoms with Gasteiger partial charge >= 0.3 is 0 Å². The lowest BCUT2D eigenvalue weighted by Crippen LogP contribution is -2.35. The highest BCUT2D eigenvalue weighted by molar-refractivity contribution is 8.14. The highest BCUT2D eigenvalue weighted by Gasteiger charge is 2.23.